The lowest BCUT2D eigenvalue weighted by Crippen LogP contribution is -2.35. The molecule has 0 bridgehead atoms. The van der Waals surface area contributed by atoms with Crippen molar-refractivity contribution in [3.05, 3.63) is 48.0 Å². The Kier molecular flexibility index (Phi) is 4.04. The quantitative estimate of drug-likeness (QED) is 0.916. The highest BCUT2D eigenvalue weighted by molar-refractivity contribution is 5.86. The van der Waals surface area contributed by atoms with Gasteiger partial charge >= 0.3 is 0 Å². The van der Waals surface area contributed by atoms with Crippen LogP contribution in [0.5, 0.6) is 0 Å². The first-order valence-corrected chi connectivity index (χ1v) is 7.77. The van der Waals surface area contributed by atoms with Gasteiger partial charge in [0.15, 0.2) is 0 Å². The summed E-state index contributed by atoms with van der Waals surface area (Å²) in [5.74, 6) is 0. The number of rotatable bonds is 4. The lowest BCUT2D eigenvalue weighted by molar-refractivity contribution is 0.234. The van der Waals surface area contributed by atoms with E-state index in [4.69, 9.17) is 5.73 Å². The Labute approximate surface area is 121 Å². The van der Waals surface area contributed by atoms with E-state index in [0.717, 1.165) is 12.6 Å². The molecule has 1 fully saturated rings. The molecule has 1 aliphatic heterocycles. The average molecular weight is 268 g/mol. The third-order valence-electron chi connectivity index (χ3n) is 4.62. The zero-order valence-electron chi connectivity index (χ0n) is 12.3. The molecule has 2 nitrogen and oxygen atoms in total. The molecule has 20 heavy (non-hydrogen) atoms. The molecule has 106 valence electrons. The maximum Gasteiger partial charge on any atom is 0.0430 e. The Bertz CT molecular complexity index is 573. The third kappa shape index (κ3) is 2.58. The molecule has 2 atom stereocenters. The summed E-state index contributed by atoms with van der Waals surface area (Å²) in [6.07, 6.45) is 3.89. The van der Waals surface area contributed by atoms with E-state index in [1.54, 1.807) is 0 Å². The van der Waals surface area contributed by atoms with Crippen molar-refractivity contribution < 1.29 is 0 Å². The van der Waals surface area contributed by atoms with Gasteiger partial charge in [-0.2, -0.15) is 0 Å². The topological polar surface area (TPSA) is 29.3 Å². The highest BCUT2D eigenvalue weighted by Gasteiger charge is 2.25. The van der Waals surface area contributed by atoms with Crippen molar-refractivity contribution in [1.29, 1.82) is 0 Å². The van der Waals surface area contributed by atoms with Crippen molar-refractivity contribution in [3.8, 4) is 0 Å². The number of nitrogens with two attached hydrogens (primary N) is 1. The van der Waals surface area contributed by atoms with Crippen molar-refractivity contribution in [1.82, 2.24) is 4.90 Å². The highest BCUT2D eigenvalue weighted by atomic mass is 15.2. The highest BCUT2D eigenvalue weighted by Crippen LogP contribution is 2.26. The molecule has 2 N–H and O–H groups in total. The number of likely N-dealkylation sites (tertiary alicyclic amines) is 1. The molecule has 0 radical (unpaired) electrons. The van der Waals surface area contributed by atoms with Gasteiger partial charge in [-0.1, -0.05) is 49.4 Å². The molecular weight excluding hydrogens is 244 g/mol. The molecule has 2 heteroatoms. The fourth-order valence-electron chi connectivity index (χ4n) is 3.52. The van der Waals surface area contributed by atoms with Gasteiger partial charge in [0.2, 0.25) is 0 Å². The average Bonchev–Trinajstić information content (AvgIpc) is 2.93. The molecule has 1 aliphatic rings. The van der Waals surface area contributed by atoms with Crippen LogP contribution in [0.25, 0.3) is 10.8 Å². The summed E-state index contributed by atoms with van der Waals surface area (Å²) in [5, 5.41) is 2.59. The fourth-order valence-corrected chi connectivity index (χ4v) is 3.52. The van der Waals surface area contributed by atoms with Gasteiger partial charge < -0.3 is 5.73 Å². The third-order valence-corrected chi connectivity index (χ3v) is 4.62. The van der Waals surface area contributed by atoms with Crippen LogP contribution in [0.2, 0.25) is 0 Å². The molecule has 0 aliphatic carbocycles. The van der Waals surface area contributed by atoms with Gasteiger partial charge in [0, 0.05) is 18.6 Å². The summed E-state index contributed by atoms with van der Waals surface area (Å²) in [5.41, 5.74) is 7.80. The van der Waals surface area contributed by atoms with Gasteiger partial charge in [-0.25, -0.2) is 0 Å². The monoisotopic (exact) mass is 268 g/mol. The van der Waals surface area contributed by atoms with Crippen LogP contribution >= 0.6 is 0 Å². The predicted molar refractivity (Wildman–Crippen MR) is 85.8 cm³/mol. The molecule has 1 heterocycles. The SMILES string of the molecule is CCC1CCCN1CC(N)c1cccc2ccccc12. The number of benzene rings is 2. The van der Waals surface area contributed by atoms with Crippen molar-refractivity contribution >= 4 is 10.8 Å². The first kappa shape index (κ1) is 13.6. The summed E-state index contributed by atoms with van der Waals surface area (Å²) >= 11 is 0. The molecule has 1 saturated heterocycles. The fraction of sp³-hybridized carbons (Fsp3) is 0.444. The summed E-state index contributed by atoms with van der Waals surface area (Å²) in [6, 6.07) is 15.8. The van der Waals surface area contributed by atoms with Crippen LogP contribution in [0, 0.1) is 0 Å². The van der Waals surface area contributed by atoms with Crippen LogP contribution in [0.1, 0.15) is 37.8 Å². The maximum atomic E-state index is 6.52. The summed E-state index contributed by atoms with van der Waals surface area (Å²) < 4.78 is 0. The van der Waals surface area contributed by atoms with Crippen LogP contribution in [-0.2, 0) is 0 Å². The van der Waals surface area contributed by atoms with Crippen LogP contribution in [0.3, 0.4) is 0 Å². The van der Waals surface area contributed by atoms with Gasteiger partial charge in [0.05, 0.1) is 0 Å². The Morgan fingerprint density at radius 3 is 2.85 bits per heavy atom. The second kappa shape index (κ2) is 5.94. The lowest BCUT2D eigenvalue weighted by Gasteiger charge is -2.27. The first-order valence-electron chi connectivity index (χ1n) is 7.77. The second-order valence-corrected chi connectivity index (χ2v) is 5.87. The number of hydrogen-bond donors (Lipinski definition) is 1. The largest absolute Gasteiger partial charge is 0.323 e. The molecule has 0 spiro atoms. The Balaban J connectivity index is 1.83. The van der Waals surface area contributed by atoms with E-state index in [1.807, 2.05) is 0 Å². The van der Waals surface area contributed by atoms with E-state index in [-0.39, 0.29) is 6.04 Å². The minimum atomic E-state index is 0.105. The standard InChI is InChI=1S/C18H24N2/c1-2-15-9-6-12-20(15)13-18(19)17-11-5-8-14-7-3-4-10-16(14)17/h3-5,7-8,10-11,15,18H,2,6,9,12-13,19H2,1H3. The minimum absolute atomic E-state index is 0.105. The van der Waals surface area contributed by atoms with Crippen molar-refractivity contribution in [2.24, 2.45) is 5.73 Å². The second-order valence-electron chi connectivity index (χ2n) is 5.87. The Morgan fingerprint density at radius 1 is 1.20 bits per heavy atom. The zero-order chi connectivity index (χ0) is 13.9. The Morgan fingerprint density at radius 2 is 2.00 bits per heavy atom. The molecule has 0 aromatic heterocycles. The maximum absolute atomic E-state index is 6.52. The number of fused-ring (bicyclic) bond motifs is 1. The number of nitrogens with zero attached hydrogens (tertiary/aromatic N) is 1. The molecular formula is C18H24N2. The smallest absolute Gasteiger partial charge is 0.0430 e. The van der Waals surface area contributed by atoms with Crippen molar-refractivity contribution in [2.45, 2.75) is 38.3 Å². The van der Waals surface area contributed by atoms with Crippen LogP contribution < -0.4 is 5.73 Å². The molecule has 2 aromatic rings. The van der Waals surface area contributed by atoms with Gasteiger partial charge in [0.25, 0.3) is 0 Å². The van der Waals surface area contributed by atoms with E-state index < -0.39 is 0 Å². The molecule has 2 unspecified atom stereocenters. The van der Waals surface area contributed by atoms with Crippen molar-refractivity contribution in [2.75, 3.05) is 13.1 Å². The van der Waals surface area contributed by atoms with Gasteiger partial charge in [-0.15, -0.1) is 0 Å². The predicted octanol–water partition coefficient (Wildman–Crippen LogP) is 3.71. The zero-order valence-corrected chi connectivity index (χ0v) is 12.3. The van der Waals surface area contributed by atoms with Gasteiger partial charge in [0.1, 0.15) is 0 Å². The van der Waals surface area contributed by atoms with E-state index in [2.05, 4.69) is 54.3 Å². The first-order chi connectivity index (χ1) is 9.79. The van der Waals surface area contributed by atoms with Crippen LogP contribution in [0.4, 0.5) is 0 Å². The summed E-state index contributed by atoms with van der Waals surface area (Å²) in [7, 11) is 0. The Hall–Kier alpha value is -1.38. The molecule has 3 rings (SSSR count). The number of hydrogen-bond acceptors (Lipinski definition) is 2. The van der Waals surface area contributed by atoms with Gasteiger partial charge in [-0.3, -0.25) is 4.90 Å². The lowest BCUT2D eigenvalue weighted by atomic mass is 9.98. The van der Waals surface area contributed by atoms with E-state index >= 15 is 0 Å². The minimum Gasteiger partial charge on any atom is -0.323 e. The van der Waals surface area contributed by atoms with E-state index in [9.17, 15) is 0 Å². The normalized spacial score (nSPS) is 21.4. The molecule has 0 amide bonds. The summed E-state index contributed by atoms with van der Waals surface area (Å²) in [4.78, 5) is 2.58. The molecule has 0 saturated carbocycles. The van der Waals surface area contributed by atoms with Crippen molar-refractivity contribution in [3.63, 3.8) is 0 Å². The summed E-state index contributed by atoms with van der Waals surface area (Å²) in [6.45, 7) is 4.47. The van der Waals surface area contributed by atoms with Gasteiger partial charge in [-0.05, 0) is 42.1 Å². The van der Waals surface area contributed by atoms with Crippen LogP contribution in [-0.4, -0.2) is 24.0 Å². The van der Waals surface area contributed by atoms with E-state index in [0.29, 0.717) is 0 Å². The van der Waals surface area contributed by atoms with Crippen LogP contribution in [0.15, 0.2) is 42.5 Å². The van der Waals surface area contributed by atoms with E-state index in [1.165, 1.54) is 42.1 Å². The molecule has 2 aromatic carbocycles.